The largest absolute Gasteiger partial charge is 0.496 e. The molecule has 0 amide bonds. The molecule has 0 radical (unpaired) electrons. The van der Waals surface area contributed by atoms with Gasteiger partial charge in [-0.25, -0.2) is 0 Å². The second-order valence-corrected chi connectivity index (χ2v) is 6.10. The molecule has 8 heteroatoms. The summed E-state index contributed by atoms with van der Waals surface area (Å²) >= 11 is 0. The van der Waals surface area contributed by atoms with Crippen LogP contribution in [0.2, 0.25) is 0 Å². The normalized spacial score (nSPS) is 17.0. The van der Waals surface area contributed by atoms with Crippen LogP contribution in [0.15, 0.2) is 48.5 Å². The third-order valence-corrected chi connectivity index (χ3v) is 4.55. The minimum atomic E-state index is -0.414. The summed E-state index contributed by atoms with van der Waals surface area (Å²) in [6, 6.07) is 14.5. The number of non-ortho nitro benzene ring substituents is 1. The fraction of sp³-hybridized carbons (Fsp3) is 0.368. The Kier molecular flexibility index (Phi) is 7.84. The molecule has 1 fully saturated rings. The van der Waals surface area contributed by atoms with Crippen LogP contribution in [-0.2, 0) is 0 Å². The number of rotatable bonds is 7. The first-order valence-corrected chi connectivity index (χ1v) is 8.64. The molecule has 1 atom stereocenters. The van der Waals surface area contributed by atoms with Crippen molar-refractivity contribution in [1.82, 2.24) is 10.2 Å². The van der Waals surface area contributed by atoms with E-state index in [4.69, 9.17) is 9.47 Å². The summed E-state index contributed by atoms with van der Waals surface area (Å²) in [7, 11) is 1.69. The third kappa shape index (κ3) is 5.32. The number of nitrogens with zero attached hydrogens (tertiary/aromatic N) is 2. The van der Waals surface area contributed by atoms with E-state index in [9.17, 15) is 10.1 Å². The van der Waals surface area contributed by atoms with Gasteiger partial charge >= 0.3 is 0 Å². The Morgan fingerprint density at radius 3 is 2.67 bits per heavy atom. The fourth-order valence-corrected chi connectivity index (χ4v) is 3.21. The molecule has 1 aliphatic rings. The number of nitro groups is 1. The van der Waals surface area contributed by atoms with Gasteiger partial charge < -0.3 is 14.8 Å². The predicted molar refractivity (Wildman–Crippen MR) is 106 cm³/mol. The van der Waals surface area contributed by atoms with Crippen LogP contribution in [0.4, 0.5) is 5.69 Å². The van der Waals surface area contributed by atoms with Gasteiger partial charge in [0, 0.05) is 43.9 Å². The topological polar surface area (TPSA) is 76.9 Å². The highest BCUT2D eigenvalue weighted by molar-refractivity contribution is 5.85. The van der Waals surface area contributed by atoms with Gasteiger partial charge in [0.15, 0.2) is 0 Å². The minimum absolute atomic E-state index is 0. The van der Waals surface area contributed by atoms with E-state index in [1.807, 2.05) is 18.2 Å². The Bertz CT molecular complexity index is 742. The van der Waals surface area contributed by atoms with Gasteiger partial charge in [-0.2, -0.15) is 0 Å². The first-order chi connectivity index (χ1) is 12.7. The highest BCUT2D eigenvalue weighted by atomic mass is 35.5. The molecule has 1 aliphatic heterocycles. The van der Waals surface area contributed by atoms with E-state index in [2.05, 4.69) is 16.3 Å². The van der Waals surface area contributed by atoms with Crippen LogP contribution in [-0.4, -0.2) is 49.7 Å². The van der Waals surface area contributed by atoms with E-state index in [1.54, 1.807) is 19.2 Å². The van der Waals surface area contributed by atoms with Crippen molar-refractivity contribution >= 4 is 18.1 Å². The molecule has 2 aromatic rings. The Balaban J connectivity index is 0.00000261. The maximum Gasteiger partial charge on any atom is 0.269 e. The molecule has 1 unspecified atom stereocenters. The quantitative estimate of drug-likeness (QED) is 0.575. The van der Waals surface area contributed by atoms with Crippen molar-refractivity contribution in [2.24, 2.45) is 0 Å². The van der Waals surface area contributed by atoms with E-state index < -0.39 is 4.92 Å². The number of para-hydroxylation sites is 1. The Labute approximate surface area is 164 Å². The van der Waals surface area contributed by atoms with Gasteiger partial charge in [-0.05, 0) is 18.2 Å². The molecule has 1 N–H and O–H groups in total. The second kappa shape index (κ2) is 10.1. The number of nitro benzene ring substituents is 1. The highest BCUT2D eigenvalue weighted by Gasteiger charge is 2.25. The van der Waals surface area contributed by atoms with Gasteiger partial charge in [0.05, 0.1) is 18.1 Å². The standard InChI is InChI=1S/C19H23N3O4.ClH/c1-25-19-5-3-2-4-17(19)18-14-20-10-11-21(18)12-13-26-16-8-6-15(7-9-16)22(23)24;/h2-9,18,20H,10-14H2,1H3;1H. The molecule has 7 nitrogen and oxygen atoms in total. The molecule has 27 heavy (non-hydrogen) atoms. The maximum absolute atomic E-state index is 10.7. The van der Waals surface area contributed by atoms with E-state index in [1.165, 1.54) is 12.1 Å². The summed E-state index contributed by atoms with van der Waals surface area (Å²) in [4.78, 5) is 12.7. The Morgan fingerprint density at radius 2 is 1.96 bits per heavy atom. The molecule has 1 saturated heterocycles. The summed E-state index contributed by atoms with van der Waals surface area (Å²) in [5, 5.41) is 14.1. The molecule has 0 aliphatic carbocycles. The van der Waals surface area contributed by atoms with Crippen molar-refractivity contribution < 1.29 is 14.4 Å². The third-order valence-electron chi connectivity index (χ3n) is 4.55. The van der Waals surface area contributed by atoms with Crippen LogP contribution in [0, 0.1) is 10.1 Å². The van der Waals surface area contributed by atoms with Gasteiger partial charge in [0.25, 0.3) is 5.69 Å². The molecule has 0 aromatic heterocycles. The lowest BCUT2D eigenvalue weighted by Crippen LogP contribution is -2.47. The monoisotopic (exact) mass is 393 g/mol. The summed E-state index contributed by atoms with van der Waals surface area (Å²) in [6.07, 6.45) is 0. The number of benzene rings is 2. The van der Waals surface area contributed by atoms with Gasteiger partial charge in [0.2, 0.25) is 0 Å². The SMILES string of the molecule is COc1ccccc1C1CNCCN1CCOc1ccc([N+](=O)[O-])cc1.Cl. The number of methoxy groups -OCH3 is 1. The van der Waals surface area contributed by atoms with Gasteiger partial charge in [0.1, 0.15) is 18.1 Å². The number of nitrogens with one attached hydrogen (secondary N) is 1. The second-order valence-electron chi connectivity index (χ2n) is 6.10. The molecule has 3 rings (SSSR count). The predicted octanol–water partition coefficient (Wildman–Crippen LogP) is 3.05. The first kappa shape index (κ1) is 21.0. The number of piperazine rings is 1. The summed E-state index contributed by atoms with van der Waals surface area (Å²) in [6.45, 7) is 4.00. The molecular formula is C19H24ClN3O4. The zero-order valence-electron chi connectivity index (χ0n) is 15.2. The van der Waals surface area contributed by atoms with Gasteiger partial charge in [-0.3, -0.25) is 15.0 Å². The van der Waals surface area contributed by atoms with Crippen LogP contribution in [0.1, 0.15) is 11.6 Å². The average molecular weight is 394 g/mol. The average Bonchev–Trinajstić information content (AvgIpc) is 2.69. The Hall–Kier alpha value is -2.35. The van der Waals surface area contributed by atoms with Gasteiger partial charge in [-0.15, -0.1) is 12.4 Å². The molecule has 0 spiro atoms. The summed E-state index contributed by atoms with van der Waals surface area (Å²) < 4.78 is 11.3. The van der Waals surface area contributed by atoms with Crippen LogP contribution in [0.25, 0.3) is 0 Å². The van der Waals surface area contributed by atoms with Gasteiger partial charge in [-0.1, -0.05) is 18.2 Å². The number of halogens is 1. The number of hydrogen-bond donors (Lipinski definition) is 1. The lowest BCUT2D eigenvalue weighted by molar-refractivity contribution is -0.384. The fourth-order valence-electron chi connectivity index (χ4n) is 3.21. The van der Waals surface area contributed by atoms with E-state index in [0.29, 0.717) is 12.4 Å². The van der Waals surface area contributed by atoms with Crippen molar-refractivity contribution in [3.8, 4) is 11.5 Å². The summed E-state index contributed by atoms with van der Waals surface area (Å²) in [5.74, 6) is 1.53. The van der Waals surface area contributed by atoms with Crippen LogP contribution in [0.3, 0.4) is 0 Å². The highest BCUT2D eigenvalue weighted by Crippen LogP contribution is 2.30. The molecule has 0 saturated carbocycles. The van der Waals surface area contributed by atoms with Crippen molar-refractivity contribution in [2.75, 3.05) is 39.9 Å². The lowest BCUT2D eigenvalue weighted by atomic mass is 10.0. The molecule has 146 valence electrons. The molecular weight excluding hydrogens is 370 g/mol. The summed E-state index contributed by atoms with van der Waals surface area (Å²) in [5.41, 5.74) is 1.23. The van der Waals surface area contributed by atoms with Crippen molar-refractivity contribution in [3.63, 3.8) is 0 Å². The zero-order valence-corrected chi connectivity index (χ0v) is 16.0. The maximum atomic E-state index is 10.7. The van der Waals surface area contributed by atoms with Crippen molar-refractivity contribution in [2.45, 2.75) is 6.04 Å². The van der Waals surface area contributed by atoms with Crippen LogP contribution < -0.4 is 14.8 Å². The lowest BCUT2D eigenvalue weighted by Gasteiger charge is -2.36. The molecule has 1 heterocycles. The number of hydrogen-bond acceptors (Lipinski definition) is 6. The van der Waals surface area contributed by atoms with Crippen molar-refractivity contribution in [1.29, 1.82) is 0 Å². The van der Waals surface area contributed by atoms with Crippen molar-refractivity contribution in [3.05, 3.63) is 64.2 Å². The molecule has 2 aromatic carbocycles. The smallest absolute Gasteiger partial charge is 0.269 e. The molecule has 0 bridgehead atoms. The van der Waals surface area contributed by atoms with Crippen LogP contribution in [0.5, 0.6) is 11.5 Å². The zero-order chi connectivity index (χ0) is 18.4. The Morgan fingerprint density at radius 1 is 1.22 bits per heavy atom. The van der Waals surface area contributed by atoms with E-state index in [-0.39, 0.29) is 24.1 Å². The number of ether oxygens (including phenoxy) is 2. The first-order valence-electron chi connectivity index (χ1n) is 8.64. The minimum Gasteiger partial charge on any atom is -0.496 e. The van der Waals surface area contributed by atoms with E-state index >= 15 is 0 Å². The van der Waals surface area contributed by atoms with E-state index in [0.717, 1.165) is 37.5 Å². The van der Waals surface area contributed by atoms with Crippen LogP contribution >= 0.6 is 12.4 Å².